The van der Waals surface area contributed by atoms with Crippen molar-refractivity contribution in [2.75, 3.05) is 14.2 Å². The molecule has 1 amide bonds. The zero-order valence-electron chi connectivity index (χ0n) is 13.9. The Morgan fingerprint density at radius 1 is 0.917 bits per heavy atom. The first-order valence-corrected chi connectivity index (χ1v) is 7.72. The molecule has 0 N–H and O–H groups in total. The summed E-state index contributed by atoms with van der Waals surface area (Å²) in [7, 11) is 5.51. The SMILES string of the molecule is CON(C)C(C)=O.O=C(C(=O)c1cccc(P)c1)c1ccccc1. The summed E-state index contributed by atoms with van der Waals surface area (Å²) in [5.41, 5.74) is 0.845. The van der Waals surface area contributed by atoms with Crippen LogP contribution in [0.5, 0.6) is 0 Å². The van der Waals surface area contributed by atoms with E-state index in [4.69, 9.17) is 0 Å². The maximum atomic E-state index is 11.9. The van der Waals surface area contributed by atoms with Crippen molar-refractivity contribution in [3.05, 3.63) is 65.7 Å². The quantitative estimate of drug-likeness (QED) is 0.369. The molecule has 5 nitrogen and oxygen atoms in total. The number of hydroxylamine groups is 2. The monoisotopic (exact) mass is 345 g/mol. The van der Waals surface area contributed by atoms with E-state index >= 15 is 0 Å². The number of hydrogen-bond donors (Lipinski definition) is 0. The second-order valence-electron chi connectivity index (χ2n) is 4.85. The van der Waals surface area contributed by atoms with Crippen LogP contribution in [0.25, 0.3) is 0 Å². The Balaban J connectivity index is 0.000000351. The third kappa shape index (κ3) is 6.03. The minimum absolute atomic E-state index is 0.0949. The first-order valence-electron chi connectivity index (χ1n) is 7.14. The molecule has 0 bridgehead atoms. The average molecular weight is 345 g/mol. The van der Waals surface area contributed by atoms with Gasteiger partial charge in [0, 0.05) is 25.1 Å². The molecule has 6 heteroatoms. The Morgan fingerprint density at radius 3 is 1.92 bits per heavy atom. The fourth-order valence-corrected chi connectivity index (χ4v) is 1.95. The Labute approximate surface area is 143 Å². The van der Waals surface area contributed by atoms with Crippen LogP contribution in [0.1, 0.15) is 27.6 Å². The summed E-state index contributed by atoms with van der Waals surface area (Å²) in [6.07, 6.45) is 0. The van der Waals surface area contributed by atoms with Gasteiger partial charge >= 0.3 is 0 Å². The lowest BCUT2D eigenvalue weighted by atomic mass is 10.0. The van der Waals surface area contributed by atoms with Gasteiger partial charge in [-0.05, 0) is 11.4 Å². The lowest BCUT2D eigenvalue weighted by molar-refractivity contribution is -0.165. The van der Waals surface area contributed by atoms with Crippen LogP contribution in [-0.2, 0) is 9.63 Å². The van der Waals surface area contributed by atoms with E-state index in [1.54, 1.807) is 49.5 Å². The van der Waals surface area contributed by atoms with E-state index in [1.165, 1.54) is 14.0 Å². The summed E-state index contributed by atoms with van der Waals surface area (Å²) in [5.74, 6) is -1.04. The third-order valence-electron chi connectivity index (χ3n) is 3.11. The number of Topliss-reactive ketones (excluding diaryl/α,β-unsaturated/α-hetero) is 2. The predicted octanol–water partition coefficient (Wildman–Crippen LogP) is 2.28. The van der Waals surface area contributed by atoms with Crippen molar-refractivity contribution in [1.29, 1.82) is 0 Å². The number of ketones is 2. The van der Waals surface area contributed by atoms with Gasteiger partial charge in [0.2, 0.25) is 17.5 Å². The maximum absolute atomic E-state index is 11.9. The Bertz CT molecular complexity index is 716. The molecule has 1 unspecified atom stereocenters. The molecule has 0 heterocycles. The zero-order chi connectivity index (χ0) is 18.1. The van der Waals surface area contributed by atoms with Gasteiger partial charge in [0.25, 0.3) is 0 Å². The van der Waals surface area contributed by atoms with Crippen LogP contribution in [-0.4, -0.2) is 36.7 Å². The molecule has 126 valence electrons. The van der Waals surface area contributed by atoms with Crippen molar-refractivity contribution in [2.45, 2.75) is 6.92 Å². The van der Waals surface area contributed by atoms with Crippen LogP contribution in [0, 0.1) is 0 Å². The van der Waals surface area contributed by atoms with Gasteiger partial charge in [0.15, 0.2) is 0 Å². The minimum atomic E-state index is -0.472. The zero-order valence-corrected chi connectivity index (χ0v) is 15.0. The molecule has 0 aliphatic heterocycles. The highest BCUT2D eigenvalue weighted by molar-refractivity contribution is 7.27. The third-order valence-corrected chi connectivity index (χ3v) is 3.47. The van der Waals surface area contributed by atoms with Crippen molar-refractivity contribution < 1.29 is 19.2 Å². The van der Waals surface area contributed by atoms with Gasteiger partial charge in [-0.3, -0.25) is 19.2 Å². The second kappa shape index (κ2) is 9.71. The summed E-state index contributed by atoms with van der Waals surface area (Å²) < 4.78 is 0. The molecule has 0 aliphatic carbocycles. The number of carbonyl (C=O) groups excluding carboxylic acids is 3. The Morgan fingerprint density at radius 2 is 1.46 bits per heavy atom. The molecular weight excluding hydrogens is 325 g/mol. The highest BCUT2D eigenvalue weighted by Gasteiger charge is 2.17. The molecule has 0 spiro atoms. The molecule has 2 aromatic carbocycles. The van der Waals surface area contributed by atoms with Gasteiger partial charge in [0.1, 0.15) is 0 Å². The van der Waals surface area contributed by atoms with Crippen molar-refractivity contribution in [3.63, 3.8) is 0 Å². The molecule has 2 rings (SSSR count). The van der Waals surface area contributed by atoms with Crippen LogP contribution < -0.4 is 5.30 Å². The maximum Gasteiger partial charge on any atom is 0.242 e. The largest absolute Gasteiger partial charge is 0.285 e. The predicted molar refractivity (Wildman–Crippen MR) is 96.3 cm³/mol. The average Bonchev–Trinajstić information content (AvgIpc) is 2.61. The smallest absolute Gasteiger partial charge is 0.242 e. The molecule has 0 fully saturated rings. The first-order chi connectivity index (χ1) is 11.4. The van der Waals surface area contributed by atoms with Gasteiger partial charge in [-0.1, -0.05) is 48.5 Å². The van der Waals surface area contributed by atoms with Crippen LogP contribution in [0.15, 0.2) is 54.6 Å². The number of carbonyl (C=O) groups is 3. The van der Waals surface area contributed by atoms with Crippen LogP contribution in [0.3, 0.4) is 0 Å². The van der Waals surface area contributed by atoms with Crippen LogP contribution >= 0.6 is 9.24 Å². The molecule has 1 atom stereocenters. The first kappa shape index (κ1) is 19.7. The van der Waals surface area contributed by atoms with E-state index in [0.717, 1.165) is 10.4 Å². The lowest BCUT2D eigenvalue weighted by Crippen LogP contribution is -2.21. The van der Waals surface area contributed by atoms with Crippen LogP contribution in [0.4, 0.5) is 0 Å². The van der Waals surface area contributed by atoms with E-state index in [9.17, 15) is 14.4 Å². The topological polar surface area (TPSA) is 63.7 Å². The van der Waals surface area contributed by atoms with E-state index in [2.05, 4.69) is 14.1 Å². The standard InChI is InChI=1S/C14H11O2P.C4H9NO2/c15-13(10-5-2-1-3-6-10)14(16)11-7-4-8-12(17)9-11;1-4(6)5(2)7-3/h1-9H,17H2;1-3H3. The van der Waals surface area contributed by atoms with E-state index in [1.807, 2.05) is 12.1 Å². The minimum Gasteiger partial charge on any atom is -0.285 e. The Kier molecular flexibility index (Phi) is 7.96. The van der Waals surface area contributed by atoms with Crippen molar-refractivity contribution in [1.82, 2.24) is 5.06 Å². The lowest BCUT2D eigenvalue weighted by Gasteiger charge is -2.08. The number of rotatable bonds is 4. The van der Waals surface area contributed by atoms with Crippen molar-refractivity contribution in [3.8, 4) is 0 Å². The summed E-state index contributed by atoms with van der Waals surface area (Å²) in [6, 6.07) is 15.5. The van der Waals surface area contributed by atoms with Crippen LogP contribution in [0.2, 0.25) is 0 Å². The number of amides is 1. The molecule has 0 aliphatic rings. The van der Waals surface area contributed by atoms with Gasteiger partial charge in [-0.25, -0.2) is 5.06 Å². The van der Waals surface area contributed by atoms with E-state index in [0.29, 0.717) is 11.1 Å². The number of benzene rings is 2. The summed E-state index contributed by atoms with van der Waals surface area (Å²) >= 11 is 0. The highest BCUT2D eigenvalue weighted by Crippen LogP contribution is 2.07. The van der Waals surface area contributed by atoms with Gasteiger partial charge in [-0.15, -0.1) is 9.24 Å². The molecule has 24 heavy (non-hydrogen) atoms. The highest BCUT2D eigenvalue weighted by atomic mass is 31.0. The normalized spacial score (nSPS) is 9.50. The fraction of sp³-hybridized carbons (Fsp3) is 0.167. The fourth-order valence-electron chi connectivity index (χ4n) is 1.66. The van der Waals surface area contributed by atoms with E-state index in [-0.39, 0.29) is 5.91 Å². The van der Waals surface area contributed by atoms with Gasteiger partial charge in [0.05, 0.1) is 7.11 Å². The van der Waals surface area contributed by atoms with Crippen molar-refractivity contribution in [2.24, 2.45) is 0 Å². The number of hydrogen-bond acceptors (Lipinski definition) is 4. The van der Waals surface area contributed by atoms with E-state index < -0.39 is 11.6 Å². The molecule has 0 saturated carbocycles. The summed E-state index contributed by atoms with van der Waals surface area (Å²) in [6.45, 7) is 1.43. The van der Waals surface area contributed by atoms with Crippen molar-refractivity contribution >= 4 is 32.0 Å². The molecule has 0 saturated heterocycles. The van der Waals surface area contributed by atoms with Gasteiger partial charge < -0.3 is 0 Å². The Hall–Kier alpha value is -2.36. The van der Waals surface area contributed by atoms with Gasteiger partial charge in [-0.2, -0.15) is 0 Å². The molecular formula is C18H20NO4P. The summed E-state index contributed by atoms with van der Waals surface area (Å²) in [4.78, 5) is 38.5. The molecule has 0 aromatic heterocycles. The molecule has 0 radical (unpaired) electrons. The summed E-state index contributed by atoms with van der Waals surface area (Å²) in [5, 5.41) is 2.04. The molecule has 2 aromatic rings. The number of nitrogens with zero attached hydrogens (tertiary/aromatic N) is 1. The second-order valence-corrected chi connectivity index (χ2v) is 5.52.